The van der Waals surface area contributed by atoms with Gasteiger partial charge >= 0.3 is 0 Å². The number of hydrogen-bond acceptors (Lipinski definition) is 5. The van der Waals surface area contributed by atoms with Crippen molar-refractivity contribution < 1.29 is 9.59 Å². The Kier molecular flexibility index (Phi) is 8.34. The highest BCUT2D eigenvalue weighted by atomic mass is 35.5. The van der Waals surface area contributed by atoms with Gasteiger partial charge in [0.05, 0.1) is 30.5 Å². The number of halogens is 4. The van der Waals surface area contributed by atoms with Crippen LogP contribution < -0.4 is 0 Å². The highest BCUT2D eigenvalue weighted by Crippen LogP contribution is 2.58. The highest BCUT2D eigenvalue weighted by molar-refractivity contribution is 8.27. The Balaban J connectivity index is 1.28. The Morgan fingerprint density at radius 1 is 0.925 bits per heavy atom. The van der Waals surface area contributed by atoms with Gasteiger partial charge in [-0.3, -0.25) is 9.59 Å². The van der Waals surface area contributed by atoms with Gasteiger partial charge in [-0.2, -0.15) is 10.9 Å². The van der Waals surface area contributed by atoms with Gasteiger partial charge in [0.15, 0.2) is 0 Å². The van der Waals surface area contributed by atoms with Crippen LogP contribution in [-0.4, -0.2) is 41.2 Å². The van der Waals surface area contributed by atoms with Crippen LogP contribution in [0.15, 0.2) is 74.0 Å². The number of rotatable bonds is 5. The number of nitrogens with zero attached hydrogens (tertiary/aromatic N) is 2. The summed E-state index contributed by atoms with van der Waals surface area (Å²) in [6.07, 6.45) is 4.97. The molecule has 3 aliphatic heterocycles. The van der Waals surface area contributed by atoms with Gasteiger partial charge < -0.3 is 9.80 Å². The minimum atomic E-state index is -1.11. The van der Waals surface area contributed by atoms with Crippen LogP contribution >= 0.6 is 91.3 Å². The predicted molar refractivity (Wildman–Crippen MR) is 174 cm³/mol. The van der Waals surface area contributed by atoms with E-state index in [-0.39, 0.29) is 23.7 Å². The zero-order valence-electron chi connectivity index (χ0n) is 20.8. The number of hydrogen-bond donors (Lipinski definition) is 1. The third-order valence-corrected chi connectivity index (χ3v) is 13.7. The molecule has 4 nitrogen and oxygen atoms in total. The van der Waals surface area contributed by atoms with E-state index in [4.69, 9.17) is 46.4 Å². The zero-order valence-corrected chi connectivity index (χ0v) is 27.1. The van der Waals surface area contributed by atoms with Gasteiger partial charge in [-0.15, -0.1) is 34.0 Å². The van der Waals surface area contributed by atoms with Gasteiger partial charge in [-0.05, 0) is 73.7 Å². The molecule has 3 atom stereocenters. The van der Waals surface area contributed by atoms with Gasteiger partial charge in [-0.1, -0.05) is 53.0 Å². The molecule has 0 bridgehead atoms. The first-order valence-corrected chi connectivity index (χ1v) is 17.8. The molecule has 6 heterocycles. The molecule has 40 heavy (non-hydrogen) atoms. The number of carbonyl (C=O) groups is 2. The third kappa shape index (κ3) is 5.26. The Bertz CT molecular complexity index is 1620. The number of allylic oxidation sites excluding steroid dienone is 1. The highest BCUT2D eigenvalue weighted by Gasteiger charge is 2.37. The number of thiophene rings is 3. The molecule has 3 aliphatic rings. The average molecular weight is 689 g/mol. The van der Waals surface area contributed by atoms with Crippen molar-refractivity contribution in [2.75, 3.05) is 19.6 Å². The second-order valence-corrected chi connectivity index (χ2v) is 17.1. The lowest BCUT2D eigenvalue weighted by molar-refractivity contribution is -0.127. The Morgan fingerprint density at radius 3 is 2.23 bits per heavy atom. The molecular weight excluding hydrogens is 666 g/mol. The van der Waals surface area contributed by atoms with Crippen molar-refractivity contribution in [2.24, 2.45) is 0 Å². The SMILES string of the molecule is C=CC(=O)N1CC2=C(C=C(Cl)[SH]2/C=C/C(=O)N2Cc3sc(Cl)cc3[C@@H](c3ccsc3Cl)C2)[C@H](c2ccsc2Cl)C1. The van der Waals surface area contributed by atoms with Crippen LogP contribution in [0.3, 0.4) is 0 Å². The van der Waals surface area contributed by atoms with Crippen molar-refractivity contribution in [2.45, 2.75) is 18.4 Å². The lowest BCUT2D eigenvalue weighted by Gasteiger charge is -2.35. The molecular formula is C28H22Cl4N2O2S4. The molecule has 3 aromatic heterocycles. The van der Waals surface area contributed by atoms with Gasteiger partial charge in [0, 0.05) is 35.9 Å². The summed E-state index contributed by atoms with van der Waals surface area (Å²) in [4.78, 5) is 32.0. The van der Waals surface area contributed by atoms with E-state index in [1.165, 1.54) is 40.1 Å². The van der Waals surface area contributed by atoms with E-state index in [1.807, 2.05) is 45.3 Å². The Labute approximate surface area is 267 Å². The number of carbonyl (C=O) groups excluding carboxylic acids is 2. The lowest BCUT2D eigenvalue weighted by atomic mass is 9.89. The first-order valence-electron chi connectivity index (χ1n) is 12.3. The van der Waals surface area contributed by atoms with Crippen LogP contribution in [0.5, 0.6) is 0 Å². The predicted octanol–water partition coefficient (Wildman–Crippen LogP) is 8.98. The molecule has 2 amide bonds. The largest absolute Gasteiger partial charge is 0.333 e. The van der Waals surface area contributed by atoms with Crippen molar-refractivity contribution in [3.05, 3.63) is 109 Å². The summed E-state index contributed by atoms with van der Waals surface area (Å²) in [6, 6.07) is 6.02. The third-order valence-electron chi connectivity index (χ3n) is 7.38. The van der Waals surface area contributed by atoms with Gasteiger partial charge in [0.1, 0.15) is 0 Å². The summed E-state index contributed by atoms with van der Waals surface area (Å²) in [5.41, 5.74) is 4.22. The molecule has 12 heteroatoms. The monoisotopic (exact) mass is 686 g/mol. The van der Waals surface area contributed by atoms with E-state index in [9.17, 15) is 9.59 Å². The van der Waals surface area contributed by atoms with Crippen LogP contribution in [0.25, 0.3) is 0 Å². The van der Waals surface area contributed by atoms with Gasteiger partial charge in [-0.25, -0.2) is 0 Å². The summed E-state index contributed by atoms with van der Waals surface area (Å²) in [7, 11) is -1.11. The van der Waals surface area contributed by atoms with Gasteiger partial charge in [0.2, 0.25) is 11.8 Å². The van der Waals surface area contributed by atoms with E-state index in [0.29, 0.717) is 39.2 Å². The molecule has 0 fully saturated rings. The van der Waals surface area contributed by atoms with Gasteiger partial charge in [0.25, 0.3) is 0 Å². The molecule has 208 valence electrons. The lowest BCUT2D eigenvalue weighted by Crippen LogP contribution is -2.39. The van der Waals surface area contributed by atoms with E-state index < -0.39 is 10.9 Å². The fourth-order valence-electron chi connectivity index (χ4n) is 5.48. The van der Waals surface area contributed by atoms with E-state index in [2.05, 4.69) is 6.58 Å². The number of amides is 2. The topological polar surface area (TPSA) is 40.6 Å². The molecule has 0 N–H and O–H groups in total. The summed E-state index contributed by atoms with van der Waals surface area (Å²) in [5.74, 6) is -0.360. The summed E-state index contributed by atoms with van der Waals surface area (Å²) in [5, 5.41) is 5.83. The van der Waals surface area contributed by atoms with Crippen molar-refractivity contribution in [1.82, 2.24) is 9.80 Å². The van der Waals surface area contributed by atoms with Crippen LogP contribution in [0.4, 0.5) is 0 Å². The van der Waals surface area contributed by atoms with E-state index >= 15 is 0 Å². The molecule has 3 aromatic rings. The smallest absolute Gasteiger partial charge is 0.247 e. The minimum absolute atomic E-state index is 0.0356. The van der Waals surface area contributed by atoms with Crippen molar-refractivity contribution in [3.63, 3.8) is 0 Å². The quantitative estimate of drug-likeness (QED) is 0.215. The van der Waals surface area contributed by atoms with Crippen LogP contribution in [0.1, 0.15) is 33.4 Å². The summed E-state index contributed by atoms with van der Waals surface area (Å²) in [6.45, 7) is 5.61. The first kappa shape index (κ1) is 28.6. The molecule has 1 unspecified atom stereocenters. The molecule has 0 radical (unpaired) electrons. The second-order valence-electron chi connectivity index (χ2n) is 9.53. The molecule has 0 aromatic carbocycles. The summed E-state index contributed by atoms with van der Waals surface area (Å²) >= 11 is 30.7. The van der Waals surface area contributed by atoms with E-state index in [0.717, 1.165) is 36.4 Å². The standard InChI is InChI=1S/C28H22Cl4N2O2S4/c1-2-25(35)34-12-20(16-4-7-38-28(16)32)18-10-24(30)40(22(18)14-34)8-5-26(36)33-11-19(15-3-6-37-27(15)31)17-9-23(29)39-21(17)13-33/h2-10,19-20,40H,1,11-14H2/b8-5+/t19-,20+/m1/s1. The molecule has 6 rings (SSSR count). The number of fused-ring (bicyclic) bond motifs is 1. The second kappa shape index (κ2) is 11.7. The van der Waals surface area contributed by atoms with Crippen LogP contribution in [0, 0.1) is 0 Å². The fourth-order valence-corrected chi connectivity index (χ4v) is 11.4. The summed E-state index contributed by atoms with van der Waals surface area (Å²) < 4.78 is 2.81. The molecule has 0 aliphatic carbocycles. The van der Waals surface area contributed by atoms with E-state index in [1.54, 1.807) is 11.0 Å². The van der Waals surface area contributed by atoms with Crippen molar-refractivity contribution >= 4 is 103 Å². The molecule has 0 saturated carbocycles. The maximum Gasteiger partial charge on any atom is 0.247 e. The van der Waals surface area contributed by atoms with Crippen molar-refractivity contribution in [1.29, 1.82) is 0 Å². The number of thiol groups is 1. The Hall–Kier alpha value is -1.49. The maximum atomic E-state index is 13.6. The Morgan fingerprint density at radius 2 is 1.57 bits per heavy atom. The van der Waals surface area contributed by atoms with Crippen LogP contribution in [-0.2, 0) is 16.1 Å². The zero-order chi connectivity index (χ0) is 28.1. The van der Waals surface area contributed by atoms with Crippen LogP contribution in [0.2, 0.25) is 13.0 Å². The average Bonchev–Trinajstić information content (AvgIpc) is 3.71. The first-order chi connectivity index (χ1) is 19.2. The minimum Gasteiger partial charge on any atom is -0.333 e. The molecule has 0 saturated heterocycles. The fraction of sp³-hybridized carbons (Fsp3) is 0.214. The van der Waals surface area contributed by atoms with Crippen molar-refractivity contribution in [3.8, 4) is 0 Å². The maximum absolute atomic E-state index is 13.6. The normalized spacial score (nSPS) is 23.4. The molecule has 0 spiro atoms.